The highest BCUT2D eigenvalue weighted by atomic mass is 16.3. The summed E-state index contributed by atoms with van der Waals surface area (Å²) < 4.78 is 0. The first-order valence-electron chi connectivity index (χ1n) is 3.66. The Kier molecular flexibility index (Phi) is 2.27. The largest absolute Gasteiger partial charge is 0.393 e. The molecule has 0 aromatic heterocycles. The average Bonchev–Trinajstić information content (AvgIpc) is 2.15. The zero-order valence-corrected chi connectivity index (χ0v) is 5.92. The Morgan fingerprint density at radius 2 is 2.30 bits per heavy atom. The van der Waals surface area contributed by atoms with Gasteiger partial charge in [-0.3, -0.25) is 4.79 Å². The van der Waals surface area contributed by atoms with Crippen LogP contribution in [-0.2, 0) is 4.79 Å². The van der Waals surface area contributed by atoms with E-state index < -0.39 is 0 Å². The van der Waals surface area contributed by atoms with Gasteiger partial charge in [0.15, 0.2) is 0 Å². The second kappa shape index (κ2) is 3.01. The third-order valence-corrected chi connectivity index (χ3v) is 2.08. The third-order valence-electron chi connectivity index (χ3n) is 2.08. The minimum absolute atomic E-state index is 0.137. The Hall–Kier alpha value is -0.570. The lowest BCUT2D eigenvalue weighted by molar-refractivity contribution is -0.119. The number of aliphatic hydroxyl groups excluding tert-OH is 1. The topological polar surface area (TPSA) is 63.3 Å². The zero-order chi connectivity index (χ0) is 7.56. The molecule has 1 amide bonds. The number of nitrogens with two attached hydrogens (primary N) is 1. The first-order chi connectivity index (χ1) is 4.70. The molecule has 1 fully saturated rings. The predicted molar refractivity (Wildman–Crippen MR) is 37.2 cm³/mol. The first-order valence-corrected chi connectivity index (χ1v) is 3.66. The maximum absolute atomic E-state index is 10.4. The fourth-order valence-corrected chi connectivity index (χ4v) is 1.51. The van der Waals surface area contributed by atoms with Crippen molar-refractivity contribution in [3.8, 4) is 0 Å². The monoisotopic (exact) mass is 143 g/mol. The van der Waals surface area contributed by atoms with E-state index in [0.29, 0.717) is 6.42 Å². The van der Waals surface area contributed by atoms with E-state index in [-0.39, 0.29) is 17.9 Å². The van der Waals surface area contributed by atoms with E-state index in [1.54, 1.807) is 0 Å². The van der Waals surface area contributed by atoms with Gasteiger partial charge in [0.25, 0.3) is 0 Å². The molecule has 0 unspecified atom stereocenters. The van der Waals surface area contributed by atoms with Gasteiger partial charge in [0.05, 0.1) is 6.10 Å². The summed E-state index contributed by atoms with van der Waals surface area (Å²) in [6, 6.07) is 0. The highest BCUT2D eigenvalue weighted by molar-refractivity contribution is 5.74. The summed E-state index contributed by atoms with van der Waals surface area (Å²) >= 11 is 0. The van der Waals surface area contributed by atoms with Gasteiger partial charge in [-0.25, -0.2) is 0 Å². The summed E-state index contributed by atoms with van der Waals surface area (Å²) in [5, 5.41) is 9.23. The van der Waals surface area contributed by atoms with Crippen LogP contribution in [0.15, 0.2) is 0 Å². The molecule has 1 saturated carbocycles. The summed E-state index contributed by atoms with van der Waals surface area (Å²) in [5.74, 6) is -0.163. The molecule has 3 nitrogen and oxygen atoms in total. The van der Waals surface area contributed by atoms with E-state index in [1.807, 2.05) is 0 Å². The minimum Gasteiger partial charge on any atom is -0.393 e. The predicted octanol–water partition coefficient (Wildman–Crippen LogP) is 0.0228. The van der Waals surface area contributed by atoms with E-state index >= 15 is 0 Å². The summed E-state index contributed by atoms with van der Waals surface area (Å²) in [4.78, 5) is 10.4. The van der Waals surface area contributed by atoms with Crippen molar-refractivity contribution in [3.63, 3.8) is 0 Å². The maximum Gasteiger partial charge on any atom is 0.217 e. The summed E-state index contributed by atoms with van der Waals surface area (Å²) in [6.45, 7) is 0. The van der Waals surface area contributed by atoms with Crippen molar-refractivity contribution in [2.75, 3.05) is 0 Å². The van der Waals surface area contributed by atoms with Crippen molar-refractivity contribution in [1.29, 1.82) is 0 Å². The number of hydrogen-bond acceptors (Lipinski definition) is 2. The fraction of sp³-hybridized carbons (Fsp3) is 0.857. The van der Waals surface area contributed by atoms with Crippen LogP contribution in [0.2, 0.25) is 0 Å². The number of amides is 1. The third kappa shape index (κ3) is 1.70. The summed E-state index contributed by atoms with van der Waals surface area (Å²) in [5.41, 5.74) is 4.98. The van der Waals surface area contributed by atoms with Crippen LogP contribution in [0.4, 0.5) is 0 Å². The maximum atomic E-state index is 10.4. The van der Waals surface area contributed by atoms with Crippen molar-refractivity contribution in [2.24, 2.45) is 11.7 Å². The molecule has 0 saturated heterocycles. The second-order valence-corrected chi connectivity index (χ2v) is 2.93. The molecule has 0 spiro atoms. The van der Waals surface area contributed by atoms with Crippen LogP contribution in [0.25, 0.3) is 0 Å². The van der Waals surface area contributed by atoms with Crippen molar-refractivity contribution >= 4 is 5.91 Å². The Balaban J connectivity index is 2.33. The van der Waals surface area contributed by atoms with Crippen molar-refractivity contribution < 1.29 is 9.90 Å². The van der Waals surface area contributed by atoms with Gasteiger partial charge < -0.3 is 10.8 Å². The van der Waals surface area contributed by atoms with Crippen molar-refractivity contribution in [2.45, 2.75) is 31.8 Å². The molecule has 2 atom stereocenters. The molecular formula is C7H13NO2. The smallest absolute Gasteiger partial charge is 0.217 e. The molecule has 0 aliphatic heterocycles. The van der Waals surface area contributed by atoms with Crippen LogP contribution in [0.1, 0.15) is 25.7 Å². The molecule has 1 rings (SSSR count). The second-order valence-electron chi connectivity index (χ2n) is 2.93. The van der Waals surface area contributed by atoms with Gasteiger partial charge in [-0.05, 0) is 18.8 Å². The fourth-order valence-electron chi connectivity index (χ4n) is 1.51. The lowest BCUT2D eigenvalue weighted by Crippen LogP contribution is -2.21. The number of aliphatic hydroxyl groups is 1. The summed E-state index contributed by atoms with van der Waals surface area (Å²) in [6.07, 6.45) is 2.87. The normalized spacial score (nSPS) is 32.5. The minimum atomic E-state index is -0.300. The lowest BCUT2D eigenvalue weighted by atomic mass is 10.0. The average molecular weight is 143 g/mol. The Labute approximate surface area is 60.2 Å². The molecule has 0 bridgehead atoms. The van der Waals surface area contributed by atoms with Gasteiger partial charge in [-0.1, -0.05) is 6.42 Å². The van der Waals surface area contributed by atoms with Crippen LogP contribution in [0.3, 0.4) is 0 Å². The van der Waals surface area contributed by atoms with E-state index in [9.17, 15) is 9.90 Å². The molecule has 58 valence electrons. The zero-order valence-electron chi connectivity index (χ0n) is 5.92. The molecule has 0 heterocycles. The van der Waals surface area contributed by atoms with Crippen LogP contribution in [0, 0.1) is 5.92 Å². The van der Waals surface area contributed by atoms with Crippen LogP contribution in [-0.4, -0.2) is 17.1 Å². The van der Waals surface area contributed by atoms with Crippen molar-refractivity contribution in [3.05, 3.63) is 0 Å². The van der Waals surface area contributed by atoms with E-state index in [1.165, 1.54) is 0 Å². The highest BCUT2D eigenvalue weighted by Gasteiger charge is 2.26. The SMILES string of the molecule is NC(=O)C[C@@H]1CCC[C@@H]1O. The molecule has 0 aromatic carbocycles. The molecule has 3 heteroatoms. The van der Waals surface area contributed by atoms with Gasteiger partial charge in [0, 0.05) is 6.42 Å². The Morgan fingerprint density at radius 3 is 2.70 bits per heavy atom. The first kappa shape index (κ1) is 7.54. The van der Waals surface area contributed by atoms with Crippen LogP contribution in [0.5, 0.6) is 0 Å². The van der Waals surface area contributed by atoms with Gasteiger partial charge in [0.2, 0.25) is 5.91 Å². The molecule has 0 aromatic rings. The van der Waals surface area contributed by atoms with Gasteiger partial charge >= 0.3 is 0 Å². The van der Waals surface area contributed by atoms with E-state index in [4.69, 9.17) is 5.73 Å². The number of primary amides is 1. The molecule has 0 radical (unpaired) electrons. The number of carbonyl (C=O) groups excluding carboxylic acids is 1. The number of hydrogen-bond donors (Lipinski definition) is 2. The highest BCUT2D eigenvalue weighted by Crippen LogP contribution is 2.27. The standard InChI is InChI=1S/C7H13NO2/c8-7(10)4-5-2-1-3-6(5)9/h5-6,9H,1-4H2,(H2,8,10)/t5-,6-/m0/s1. The number of carbonyl (C=O) groups is 1. The Bertz CT molecular complexity index is 136. The van der Waals surface area contributed by atoms with Crippen LogP contribution >= 0.6 is 0 Å². The molecule has 1 aliphatic rings. The van der Waals surface area contributed by atoms with E-state index in [2.05, 4.69) is 0 Å². The lowest BCUT2D eigenvalue weighted by Gasteiger charge is -2.10. The van der Waals surface area contributed by atoms with Gasteiger partial charge in [-0.2, -0.15) is 0 Å². The molecular weight excluding hydrogens is 130 g/mol. The number of rotatable bonds is 2. The molecule has 1 aliphatic carbocycles. The van der Waals surface area contributed by atoms with Crippen LogP contribution < -0.4 is 5.73 Å². The van der Waals surface area contributed by atoms with Crippen molar-refractivity contribution in [1.82, 2.24) is 0 Å². The molecule has 3 N–H and O–H groups in total. The quantitative estimate of drug-likeness (QED) is 0.572. The Morgan fingerprint density at radius 1 is 1.60 bits per heavy atom. The van der Waals surface area contributed by atoms with Gasteiger partial charge in [0.1, 0.15) is 0 Å². The van der Waals surface area contributed by atoms with E-state index in [0.717, 1.165) is 19.3 Å². The molecule has 10 heavy (non-hydrogen) atoms. The van der Waals surface area contributed by atoms with Gasteiger partial charge in [-0.15, -0.1) is 0 Å². The summed E-state index contributed by atoms with van der Waals surface area (Å²) in [7, 11) is 0.